The van der Waals surface area contributed by atoms with E-state index in [0.717, 1.165) is 4.88 Å². The summed E-state index contributed by atoms with van der Waals surface area (Å²) in [5.41, 5.74) is 0. The van der Waals surface area contributed by atoms with Gasteiger partial charge in [-0.2, -0.15) is 0 Å². The van der Waals surface area contributed by atoms with E-state index in [1.54, 1.807) is 25.6 Å². The topological polar surface area (TPSA) is 47.6 Å². The summed E-state index contributed by atoms with van der Waals surface area (Å²) in [7, 11) is 3.08. The van der Waals surface area contributed by atoms with Crippen LogP contribution >= 0.6 is 11.3 Å². The Balaban J connectivity index is 2.24. The molecule has 1 rings (SSSR count). The SMILES string of the molecule is COC(CNC(=O)Cc1cccs1)OC. The highest BCUT2D eigenvalue weighted by atomic mass is 32.1. The van der Waals surface area contributed by atoms with Crippen LogP contribution in [-0.2, 0) is 20.7 Å². The molecule has 0 unspecified atom stereocenters. The van der Waals surface area contributed by atoms with Gasteiger partial charge in [0.05, 0.1) is 13.0 Å². The van der Waals surface area contributed by atoms with Crippen molar-refractivity contribution in [1.29, 1.82) is 0 Å². The summed E-state index contributed by atoms with van der Waals surface area (Å²) in [6, 6.07) is 3.87. The zero-order chi connectivity index (χ0) is 11.1. The Labute approximate surface area is 93.2 Å². The quantitative estimate of drug-likeness (QED) is 0.741. The number of hydrogen-bond donors (Lipinski definition) is 1. The van der Waals surface area contributed by atoms with E-state index in [1.807, 2.05) is 17.5 Å². The first-order valence-corrected chi connectivity index (χ1v) is 5.49. The summed E-state index contributed by atoms with van der Waals surface area (Å²) in [4.78, 5) is 12.5. The second kappa shape index (κ2) is 6.55. The van der Waals surface area contributed by atoms with Crippen molar-refractivity contribution >= 4 is 17.2 Å². The van der Waals surface area contributed by atoms with E-state index >= 15 is 0 Å². The predicted molar refractivity (Wildman–Crippen MR) is 58.8 cm³/mol. The molecule has 84 valence electrons. The lowest BCUT2D eigenvalue weighted by Gasteiger charge is -2.13. The molecule has 0 aliphatic rings. The Hall–Kier alpha value is -0.910. The highest BCUT2D eigenvalue weighted by Gasteiger charge is 2.08. The summed E-state index contributed by atoms with van der Waals surface area (Å²) in [6.45, 7) is 0.372. The molecule has 1 aromatic rings. The third kappa shape index (κ3) is 4.42. The highest BCUT2D eigenvalue weighted by Crippen LogP contribution is 2.08. The lowest BCUT2D eigenvalue weighted by molar-refractivity contribution is -0.126. The number of hydrogen-bond acceptors (Lipinski definition) is 4. The van der Waals surface area contributed by atoms with E-state index in [4.69, 9.17) is 9.47 Å². The minimum absolute atomic E-state index is 0.0171. The summed E-state index contributed by atoms with van der Waals surface area (Å²) < 4.78 is 9.90. The average Bonchev–Trinajstić information content (AvgIpc) is 2.72. The van der Waals surface area contributed by atoms with Gasteiger partial charge in [-0.05, 0) is 11.4 Å². The summed E-state index contributed by atoms with van der Waals surface area (Å²) >= 11 is 1.57. The number of thiophene rings is 1. The Bertz CT molecular complexity index is 283. The van der Waals surface area contributed by atoms with E-state index in [0.29, 0.717) is 13.0 Å². The molecule has 0 radical (unpaired) electrons. The zero-order valence-corrected chi connectivity index (χ0v) is 9.67. The molecule has 0 spiro atoms. The van der Waals surface area contributed by atoms with Crippen LogP contribution in [0.1, 0.15) is 4.88 Å². The fraction of sp³-hybridized carbons (Fsp3) is 0.500. The molecule has 1 heterocycles. The molecule has 5 heteroatoms. The van der Waals surface area contributed by atoms with Crippen molar-refractivity contribution in [2.45, 2.75) is 12.7 Å². The Morgan fingerprint density at radius 2 is 2.27 bits per heavy atom. The normalized spacial score (nSPS) is 10.6. The van der Waals surface area contributed by atoms with Gasteiger partial charge in [-0.25, -0.2) is 0 Å². The smallest absolute Gasteiger partial charge is 0.225 e. The molecule has 0 atom stereocenters. The number of amides is 1. The largest absolute Gasteiger partial charge is 0.354 e. The molecule has 0 saturated carbocycles. The molecular weight excluding hydrogens is 214 g/mol. The second-order valence-electron chi connectivity index (χ2n) is 2.96. The molecule has 0 aromatic carbocycles. The lowest BCUT2D eigenvalue weighted by Crippen LogP contribution is -2.34. The van der Waals surface area contributed by atoms with E-state index in [2.05, 4.69) is 5.32 Å². The van der Waals surface area contributed by atoms with Crippen LogP contribution in [0.5, 0.6) is 0 Å². The van der Waals surface area contributed by atoms with Gasteiger partial charge in [0.1, 0.15) is 0 Å². The predicted octanol–water partition coefficient (Wildman–Crippen LogP) is 1.03. The Morgan fingerprint density at radius 1 is 1.53 bits per heavy atom. The minimum Gasteiger partial charge on any atom is -0.354 e. The Morgan fingerprint density at radius 3 is 2.80 bits per heavy atom. The van der Waals surface area contributed by atoms with E-state index in [1.165, 1.54) is 0 Å². The zero-order valence-electron chi connectivity index (χ0n) is 8.86. The van der Waals surface area contributed by atoms with Gasteiger partial charge in [-0.1, -0.05) is 6.07 Å². The van der Waals surface area contributed by atoms with Crippen molar-refractivity contribution < 1.29 is 14.3 Å². The first-order valence-electron chi connectivity index (χ1n) is 4.61. The van der Waals surface area contributed by atoms with Gasteiger partial charge < -0.3 is 14.8 Å². The minimum atomic E-state index is -0.378. The van der Waals surface area contributed by atoms with Gasteiger partial charge in [0.15, 0.2) is 6.29 Å². The van der Waals surface area contributed by atoms with Crippen LogP contribution in [0.25, 0.3) is 0 Å². The highest BCUT2D eigenvalue weighted by molar-refractivity contribution is 7.10. The van der Waals surface area contributed by atoms with Crippen molar-refractivity contribution in [2.24, 2.45) is 0 Å². The summed E-state index contributed by atoms with van der Waals surface area (Å²) in [6.07, 6.45) is 0.0370. The number of carbonyl (C=O) groups is 1. The molecule has 15 heavy (non-hydrogen) atoms. The van der Waals surface area contributed by atoms with Crippen LogP contribution in [-0.4, -0.2) is 33.0 Å². The lowest BCUT2D eigenvalue weighted by atomic mass is 10.3. The fourth-order valence-corrected chi connectivity index (χ4v) is 1.80. The van der Waals surface area contributed by atoms with Gasteiger partial charge in [0.2, 0.25) is 5.91 Å². The molecular formula is C10H15NO3S. The standard InChI is InChI=1S/C10H15NO3S/c1-13-10(14-2)7-11-9(12)6-8-4-3-5-15-8/h3-5,10H,6-7H2,1-2H3,(H,11,12). The molecule has 0 aliphatic heterocycles. The fourth-order valence-electron chi connectivity index (χ4n) is 1.09. The van der Waals surface area contributed by atoms with E-state index in [-0.39, 0.29) is 12.2 Å². The van der Waals surface area contributed by atoms with Crippen LogP contribution in [0.15, 0.2) is 17.5 Å². The van der Waals surface area contributed by atoms with Crippen molar-refractivity contribution in [2.75, 3.05) is 20.8 Å². The monoisotopic (exact) mass is 229 g/mol. The van der Waals surface area contributed by atoms with Crippen LogP contribution in [0.2, 0.25) is 0 Å². The van der Waals surface area contributed by atoms with Gasteiger partial charge >= 0.3 is 0 Å². The molecule has 1 amide bonds. The third-order valence-electron chi connectivity index (χ3n) is 1.91. The number of nitrogens with one attached hydrogen (secondary N) is 1. The van der Waals surface area contributed by atoms with Crippen LogP contribution in [0.4, 0.5) is 0 Å². The molecule has 1 N–H and O–H groups in total. The van der Waals surface area contributed by atoms with Crippen LogP contribution in [0, 0.1) is 0 Å². The van der Waals surface area contributed by atoms with Gasteiger partial charge in [-0.3, -0.25) is 4.79 Å². The number of carbonyl (C=O) groups excluding carboxylic acids is 1. The van der Waals surface area contributed by atoms with Gasteiger partial charge in [0, 0.05) is 19.1 Å². The molecule has 0 aliphatic carbocycles. The maximum atomic E-state index is 11.4. The number of methoxy groups -OCH3 is 2. The average molecular weight is 229 g/mol. The van der Waals surface area contributed by atoms with Crippen LogP contribution in [0.3, 0.4) is 0 Å². The maximum absolute atomic E-state index is 11.4. The molecule has 1 aromatic heterocycles. The summed E-state index contributed by atoms with van der Waals surface area (Å²) in [5.74, 6) is -0.0171. The number of ether oxygens (including phenoxy) is 2. The molecule has 0 fully saturated rings. The van der Waals surface area contributed by atoms with Crippen molar-refractivity contribution in [3.05, 3.63) is 22.4 Å². The Kier molecular flexibility index (Phi) is 5.31. The molecule has 0 bridgehead atoms. The molecule has 4 nitrogen and oxygen atoms in total. The van der Waals surface area contributed by atoms with Crippen LogP contribution < -0.4 is 5.32 Å². The summed E-state index contributed by atoms with van der Waals surface area (Å²) in [5, 5.41) is 4.69. The maximum Gasteiger partial charge on any atom is 0.225 e. The van der Waals surface area contributed by atoms with Crippen molar-refractivity contribution in [3.63, 3.8) is 0 Å². The first kappa shape index (κ1) is 12.2. The first-order chi connectivity index (χ1) is 7.26. The van der Waals surface area contributed by atoms with E-state index < -0.39 is 0 Å². The van der Waals surface area contributed by atoms with Crippen molar-refractivity contribution in [1.82, 2.24) is 5.32 Å². The van der Waals surface area contributed by atoms with E-state index in [9.17, 15) is 4.79 Å². The second-order valence-corrected chi connectivity index (χ2v) is 3.99. The van der Waals surface area contributed by atoms with Gasteiger partial charge in [-0.15, -0.1) is 11.3 Å². The number of rotatable bonds is 6. The van der Waals surface area contributed by atoms with Crippen molar-refractivity contribution in [3.8, 4) is 0 Å². The molecule has 0 saturated heterocycles. The third-order valence-corrected chi connectivity index (χ3v) is 2.78. The van der Waals surface area contributed by atoms with Gasteiger partial charge in [0.25, 0.3) is 0 Å².